The summed E-state index contributed by atoms with van der Waals surface area (Å²) in [5, 5.41) is 2.29. The summed E-state index contributed by atoms with van der Waals surface area (Å²) >= 11 is 5.66. The van der Waals surface area contributed by atoms with Gasteiger partial charge >= 0.3 is 6.18 Å². The molecule has 0 saturated carbocycles. The Kier molecular flexibility index (Phi) is 5.57. The number of hydrogen-bond acceptors (Lipinski definition) is 3. The number of alkyl halides is 3. The van der Waals surface area contributed by atoms with E-state index in [1.54, 1.807) is 16.7 Å². The number of pyridine rings is 1. The standard InChI is InChI=1S/C20H16ClF3N2O3/c1-3-26-10-14(18(27)13-9-12(29-2)5-7-17(13)26)19(28)25-16-6-4-11(21)8-15(16)20(22,23)24/h4-10H,3H2,1-2H3,(H,25,28). The molecular weight excluding hydrogens is 409 g/mol. The van der Waals surface area contributed by atoms with Gasteiger partial charge in [0.05, 0.1) is 29.3 Å². The summed E-state index contributed by atoms with van der Waals surface area (Å²) in [6.45, 7) is 2.26. The fraction of sp³-hybridized carbons (Fsp3) is 0.200. The normalized spacial score (nSPS) is 11.5. The molecule has 0 spiro atoms. The molecule has 0 atom stereocenters. The summed E-state index contributed by atoms with van der Waals surface area (Å²) in [7, 11) is 1.44. The SMILES string of the molecule is CCn1cc(C(=O)Nc2ccc(Cl)cc2C(F)(F)F)c(=O)c2cc(OC)ccc21. The van der Waals surface area contributed by atoms with E-state index in [9.17, 15) is 22.8 Å². The Morgan fingerprint density at radius 2 is 1.93 bits per heavy atom. The maximum atomic E-state index is 13.3. The van der Waals surface area contributed by atoms with Crippen LogP contribution in [0.3, 0.4) is 0 Å². The maximum absolute atomic E-state index is 13.3. The first-order chi connectivity index (χ1) is 13.7. The number of methoxy groups -OCH3 is 1. The molecule has 0 fully saturated rings. The van der Waals surface area contributed by atoms with Gasteiger partial charge in [0.2, 0.25) is 5.43 Å². The molecule has 3 rings (SSSR count). The summed E-state index contributed by atoms with van der Waals surface area (Å²) in [5.41, 5.74) is -1.90. The number of ether oxygens (including phenoxy) is 1. The molecule has 5 nitrogen and oxygen atoms in total. The number of aryl methyl sites for hydroxylation is 1. The summed E-state index contributed by atoms with van der Waals surface area (Å²) in [6.07, 6.45) is -3.40. The molecule has 0 bridgehead atoms. The first-order valence-electron chi connectivity index (χ1n) is 8.55. The number of amides is 1. The molecule has 29 heavy (non-hydrogen) atoms. The Labute approximate surface area is 168 Å². The van der Waals surface area contributed by atoms with Gasteiger partial charge < -0.3 is 14.6 Å². The van der Waals surface area contributed by atoms with Crippen molar-refractivity contribution in [3.8, 4) is 5.75 Å². The van der Waals surface area contributed by atoms with E-state index in [2.05, 4.69) is 5.32 Å². The molecule has 1 N–H and O–H groups in total. The van der Waals surface area contributed by atoms with Crippen LogP contribution in [-0.4, -0.2) is 17.6 Å². The third kappa shape index (κ3) is 4.07. The zero-order valence-electron chi connectivity index (χ0n) is 15.4. The number of anilines is 1. The molecule has 0 aliphatic rings. The number of aromatic nitrogens is 1. The maximum Gasteiger partial charge on any atom is 0.418 e. The number of carbonyl (C=O) groups is 1. The molecule has 152 valence electrons. The molecule has 0 aliphatic heterocycles. The second-order valence-electron chi connectivity index (χ2n) is 6.18. The van der Waals surface area contributed by atoms with Crippen molar-refractivity contribution in [2.75, 3.05) is 12.4 Å². The largest absolute Gasteiger partial charge is 0.497 e. The molecule has 0 aliphatic carbocycles. The molecule has 1 aromatic heterocycles. The monoisotopic (exact) mass is 424 g/mol. The zero-order chi connectivity index (χ0) is 21.3. The van der Waals surface area contributed by atoms with Crippen LogP contribution < -0.4 is 15.5 Å². The summed E-state index contributed by atoms with van der Waals surface area (Å²) in [5.74, 6) is -0.526. The number of halogens is 4. The van der Waals surface area contributed by atoms with E-state index in [1.165, 1.54) is 25.4 Å². The number of nitrogens with zero attached hydrogens (tertiary/aromatic N) is 1. The first-order valence-corrected chi connectivity index (χ1v) is 8.92. The Bertz CT molecular complexity index is 1160. The molecule has 9 heteroatoms. The smallest absolute Gasteiger partial charge is 0.418 e. The van der Waals surface area contributed by atoms with E-state index < -0.39 is 28.8 Å². The second kappa shape index (κ2) is 7.79. The predicted octanol–water partition coefficient (Wildman–Crippen LogP) is 4.95. The molecule has 0 saturated heterocycles. The van der Waals surface area contributed by atoms with Crippen molar-refractivity contribution in [3.05, 3.63) is 69.0 Å². The van der Waals surface area contributed by atoms with Gasteiger partial charge in [0.1, 0.15) is 11.3 Å². The minimum Gasteiger partial charge on any atom is -0.497 e. The fourth-order valence-corrected chi connectivity index (χ4v) is 3.15. The van der Waals surface area contributed by atoms with Gasteiger partial charge in [-0.15, -0.1) is 0 Å². The second-order valence-corrected chi connectivity index (χ2v) is 6.62. The Morgan fingerprint density at radius 3 is 2.55 bits per heavy atom. The van der Waals surface area contributed by atoms with Gasteiger partial charge in [-0.05, 0) is 43.3 Å². The van der Waals surface area contributed by atoms with Gasteiger partial charge in [-0.2, -0.15) is 13.2 Å². The number of fused-ring (bicyclic) bond motifs is 1. The molecule has 0 unspecified atom stereocenters. The number of carbonyl (C=O) groups excluding carboxylic acids is 1. The van der Waals surface area contributed by atoms with E-state index >= 15 is 0 Å². The minimum absolute atomic E-state index is 0.124. The van der Waals surface area contributed by atoms with Crippen LogP contribution in [0.25, 0.3) is 10.9 Å². The average molecular weight is 425 g/mol. The summed E-state index contributed by atoms with van der Waals surface area (Å²) in [4.78, 5) is 25.6. The number of nitrogens with one attached hydrogen (secondary N) is 1. The van der Waals surface area contributed by atoms with Gasteiger partial charge in [0.25, 0.3) is 5.91 Å². The lowest BCUT2D eigenvalue weighted by Gasteiger charge is -2.15. The molecule has 0 radical (unpaired) electrons. The van der Waals surface area contributed by atoms with Gasteiger partial charge in [-0.25, -0.2) is 0 Å². The summed E-state index contributed by atoms with van der Waals surface area (Å²) in [6, 6.07) is 7.84. The lowest BCUT2D eigenvalue weighted by atomic mass is 10.1. The molecule has 2 aromatic carbocycles. The van der Waals surface area contributed by atoms with Crippen LogP contribution >= 0.6 is 11.6 Å². The van der Waals surface area contributed by atoms with Crippen LogP contribution in [0.5, 0.6) is 5.75 Å². The van der Waals surface area contributed by atoms with Gasteiger partial charge in [0, 0.05) is 17.8 Å². The van der Waals surface area contributed by atoms with E-state index in [-0.39, 0.29) is 16.0 Å². The van der Waals surface area contributed by atoms with Crippen LogP contribution in [0.4, 0.5) is 18.9 Å². The Balaban J connectivity index is 2.11. The highest BCUT2D eigenvalue weighted by atomic mass is 35.5. The van der Waals surface area contributed by atoms with Crippen molar-refractivity contribution in [3.63, 3.8) is 0 Å². The molecule has 1 heterocycles. The lowest BCUT2D eigenvalue weighted by molar-refractivity contribution is -0.136. The minimum atomic E-state index is -4.73. The van der Waals surface area contributed by atoms with Crippen molar-refractivity contribution in [2.45, 2.75) is 19.6 Å². The highest BCUT2D eigenvalue weighted by molar-refractivity contribution is 6.30. The van der Waals surface area contributed by atoms with Crippen LogP contribution in [0.1, 0.15) is 22.8 Å². The van der Waals surface area contributed by atoms with E-state index in [0.29, 0.717) is 23.9 Å². The molecular formula is C20H16ClF3N2O3. The van der Waals surface area contributed by atoms with E-state index in [4.69, 9.17) is 16.3 Å². The quantitative estimate of drug-likeness (QED) is 0.644. The Morgan fingerprint density at radius 1 is 1.21 bits per heavy atom. The molecule has 1 amide bonds. The van der Waals surface area contributed by atoms with Crippen LogP contribution in [0.2, 0.25) is 5.02 Å². The Hall–Kier alpha value is -3.00. The average Bonchev–Trinajstić information content (AvgIpc) is 2.68. The highest BCUT2D eigenvalue weighted by Gasteiger charge is 2.34. The van der Waals surface area contributed by atoms with E-state index in [1.807, 2.05) is 6.92 Å². The topological polar surface area (TPSA) is 60.3 Å². The highest BCUT2D eigenvalue weighted by Crippen LogP contribution is 2.36. The van der Waals surface area contributed by atoms with Crippen molar-refractivity contribution in [2.24, 2.45) is 0 Å². The summed E-state index contributed by atoms with van der Waals surface area (Å²) < 4.78 is 46.6. The van der Waals surface area contributed by atoms with Crippen LogP contribution in [-0.2, 0) is 12.7 Å². The first kappa shape index (κ1) is 20.7. The fourth-order valence-electron chi connectivity index (χ4n) is 2.98. The van der Waals surface area contributed by atoms with E-state index in [0.717, 1.165) is 6.07 Å². The van der Waals surface area contributed by atoms with Crippen molar-refractivity contribution >= 4 is 34.1 Å². The third-order valence-corrected chi connectivity index (χ3v) is 4.64. The predicted molar refractivity (Wildman–Crippen MR) is 105 cm³/mol. The van der Waals surface area contributed by atoms with Gasteiger partial charge in [-0.1, -0.05) is 11.6 Å². The number of rotatable bonds is 4. The number of hydrogen-bond donors (Lipinski definition) is 1. The van der Waals surface area contributed by atoms with Crippen LogP contribution in [0, 0.1) is 0 Å². The zero-order valence-corrected chi connectivity index (χ0v) is 16.2. The third-order valence-electron chi connectivity index (χ3n) is 4.41. The van der Waals surface area contributed by atoms with Crippen molar-refractivity contribution in [1.82, 2.24) is 4.57 Å². The van der Waals surface area contributed by atoms with Gasteiger partial charge in [-0.3, -0.25) is 9.59 Å². The lowest BCUT2D eigenvalue weighted by Crippen LogP contribution is -2.25. The van der Waals surface area contributed by atoms with Crippen molar-refractivity contribution < 1.29 is 22.7 Å². The van der Waals surface area contributed by atoms with Crippen LogP contribution in [0.15, 0.2) is 47.4 Å². The molecule has 3 aromatic rings. The van der Waals surface area contributed by atoms with Crippen molar-refractivity contribution in [1.29, 1.82) is 0 Å². The number of benzene rings is 2. The van der Waals surface area contributed by atoms with Gasteiger partial charge in [0.15, 0.2) is 0 Å².